The second-order valence-electron chi connectivity index (χ2n) is 5.64. The zero-order valence-corrected chi connectivity index (χ0v) is 14.0. The molecule has 1 aromatic rings. The van der Waals surface area contributed by atoms with E-state index in [9.17, 15) is 13.2 Å². The lowest BCUT2D eigenvalue weighted by molar-refractivity contribution is -0.128. The van der Waals surface area contributed by atoms with E-state index in [-0.39, 0.29) is 23.4 Å². The second-order valence-corrected chi connectivity index (χ2v) is 7.58. The first-order valence-corrected chi connectivity index (χ1v) is 8.84. The zero-order valence-electron chi connectivity index (χ0n) is 13.2. The summed E-state index contributed by atoms with van der Waals surface area (Å²) in [6, 6.07) is 8.07. The Labute approximate surface area is 132 Å². The van der Waals surface area contributed by atoms with Gasteiger partial charge in [-0.05, 0) is 26.0 Å². The lowest BCUT2D eigenvalue weighted by atomic mass is 10.1. The van der Waals surface area contributed by atoms with Crippen LogP contribution in [0.3, 0.4) is 0 Å². The van der Waals surface area contributed by atoms with Gasteiger partial charge in [-0.25, -0.2) is 8.42 Å². The van der Waals surface area contributed by atoms with Gasteiger partial charge in [-0.1, -0.05) is 18.2 Å². The van der Waals surface area contributed by atoms with Gasteiger partial charge in [0.2, 0.25) is 15.9 Å². The summed E-state index contributed by atoms with van der Waals surface area (Å²) >= 11 is 0. The molecule has 1 fully saturated rings. The molecule has 0 aromatic heterocycles. The Bertz CT molecular complexity index is 616. The molecule has 0 aliphatic carbocycles. The molecule has 7 heteroatoms. The topological polar surface area (TPSA) is 69.7 Å². The lowest BCUT2D eigenvalue weighted by Gasteiger charge is -2.41. The highest BCUT2D eigenvalue weighted by Crippen LogP contribution is 2.21. The van der Waals surface area contributed by atoms with Crippen LogP contribution in [0.5, 0.6) is 0 Å². The van der Waals surface area contributed by atoms with Crippen molar-refractivity contribution < 1.29 is 13.2 Å². The van der Waals surface area contributed by atoms with E-state index < -0.39 is 16.1 Å². The van der Waals surface area contributed by atoms with Gasteiger partial charge in [0.15, 0.2) is 0 Å². The van der Waals surface area contributed by atoms with E-state index in [0.29, 0.717) is 13.1 Å². The quantitative estimate of drug-likeness (QED) is 0.876. The molecule has 1 unspecified atom stereocenters. The highest BCUT2D eigenvalue weighted by molar-refractivity contribution is 7.89. The SMILES string of the molecule is CNC(=O)C1CN(S(=O)(=O)c2ccccc2)CCN1C(C)C. The third kappa shape index (κ3) is 3.31. The van der Waals surface area contributed by atoms with Crippen LogP contribution < -0.4 is 5.32 Å². The lowest BCUT2D eigenvalue weighted by Crippen LogP contribution is -2.61. The fraction of sp³-hybridized carbons (Fsp3) is 0.533. The van der Waals surface area contributed by atoms with Crippen LogP contribution in [0, 0.1) is 0 Å². The van der Waals surface area contributed by atoms with Crippen molar-refractivity contribution in [2.75, 3.05) is 26.7 Å². The third-order valence-corrected chi connectivity index (χ3v) is 5.86. The normalized spacial score (nSPS) is 21.0. The van der Waals surface area contributed by atoms with Crippen LogP contribution in [0.4, 0.5) is 0 Å². The molecule has 0 radical (unpaired) electrons. The predicted molar refractivity (Wildman–Crippen MR) is 84.9 cm³/mol. The molecule has 0 saturated carbocycles. The van der Waals surface area contributed by atoms with E-state index in [4.69, 9.17) is 0 Å². The summed E-state index contributed by atoms with van der Waals surface area (Å²) < 4.78 is 26.8. The number of piperazine rings is 1. The van der Waals surface area contributed by atoms with Crippen molar-refractivity contribution in [1.82, 2.24) is 14.5 Å². The number of carbonyl (C=O) groups excluding carboxylic acids is 1. The summed E-state index contributed by atoms with van der Waals surface area (Å²) in [5.41, 5.74) is 0. The van der Waals surface area contributed by atoms with Gasteiger partial charge in [0.25, 0.3) is 0 Å². The smallest absolute Gasteiger partial charge is 0.243 e. The van der Waals surface area contributed by atoms with Crippen LogP contribution in [0.1, 0.15) is 13.8 Å². The van der Waals surface area contributed by atoms with E-state index in [0.717, 1.165) is 0 Å². The first kappa shape index (κ1) is 16.9. The Kier molecular flexibility index (Phi) is 5.20. The Morgan fingerprint density at radius 2 is 1.86 bits per heavy atom. The standard InChI is InChI=1S/C15H23N3O3S/c1-12(2)18-10-9-17(11-14(18)15(19)16-3)22(20,21)13-7-5-4-6-8-13/h4-8,12,14H,9-11H2,1-3H3,(H,16,19). The molecule has 0 bridgehead atoms. The maximum Gasteiger partial charge on any atom is 0.243 e. The monoisotopic (exact) mass is 325 g/mol. The number of benzene rings is 1. The number of likely N-dealkylation sites (N-methyl/N-ethyl adjacent to an activating group) is 1. The molecule has 1 amide bonds. The van der Waals surface area contributed by atoms with E-state index in [1.165, 1.54) is 4.31 Å². The highest BCUT2D eigenvalue weighted by atomic mass is 32.2. The number of amides is 1. The molecule has 22 heavy (non-hydrogen) atoms. The molecule has 1 aliphatic heterocycles. The second kappa shape index (κ2) is 6.76. The van der Waals surface area contributed by atoms with Crippen molar-refractivity contribution in [3.05, 3.63) is 30.3 Å². The van der Waals surface area contributed by atoms with Gasteiger partial charge in [-0.2, -0.15) is 4.31 Å². The van der Waals surface area contributed by atoms with Gasteiger partial charge in [-0.3, -0.25) is 9.69 Å². The maximum absolute atomic E-state index is 12.7. The molecule has 1 atom stereocenters. The van der Waals surface area contributed by atoms with Crippen molar-refractivity contribution >= 4 is 15.9 Å². The van der Waals surface area contributed by atoms with Crippen LogP contribution in [0.25, 0.3) is 0 Å². The number of hydrogen-bond acceptors (Lipinski definition) is 4. The summed E-state index contributed by atoms with van der Waals surface area (Å²) in [4.78, 5) is 14.4. The predicted octanol–water partition coefficient (Wildman–Crippen LogP) is 0.516. The van der Waals surface area contributed by atoms with Crippen molar-refractivity contribution in [3.63, 3.8) is 0 Å². The first-order valence-electron chi connectivity index (χ1n) is 7.40. The minimum atomic E-state index is -3.56. The first-order chi connectivity index (χ1) is 10.4. The molecular formula is C15H23N3O3S. The molecule has 0 spiro atoms. The van der Waals surface area contributed by atoms with Gasteiger partial charge >= 0.3 is 0 Å². The van der Waals surface area contributed by atoms with Crippen LogP contribution in [0.2, 0.25) is 0 Å². The summed E-state index contributed by atoms with van der Waals surface area (Å²) in [6.45, 7) is 5.13. The average molecular weight is 325 g/mol. The Hall–Kier alpha value is -1.44. The number of sulfonamides is 1. The van der Waals surface area contributed by atoms with Crippen molar-refractivity contribution in [2.24, 2.45) is 0 Å². The minimum absolute atomic E-state index is 0.151. The van der Waals surface area contributed by atoms with Crippen molar-refractivity contribution in [3.8, 4) is 0 Å². The minimum Gasteiger partial charge on any atom is -0.358 e. The molecule has 1 heterocycles. The van der Waals surface area contributed by atoms with E-state index in [1.807, 2.05) is 18.7 Å². The van der Waals surface area contributed by atoms with E-state index in [1.54, 1.807) is 37.4 Å². The third-order valence-electron chi connectivity index (χ3n) is 3.98. The molecule has 1 N–H and O–H groups in total. The molecule has 1 aliphatic rings. The average Bonchev–Trinajstić information content (AvgIpc) is 2.54. The molecule has 6 nitrogen and oxygen atoms in total. The number of nitrogens with zero attached hydrogens (tertiary/aromatic N) is 2. The molecular weight excluding hydrogens is 302 g/mol. The molecule has 1 saturated heterocycles. The summed E-state index contributed by atoms with van der Waals surface area (Å²) in [6.07, 6.45) is 0. The fourth-order valence-electron chi connectivity index (χ4n) is 2.75. The fourth-order valence-corrected chi connectivity index (χ4v) is 4.21. The number of carbonyl (C=O) groups is 1. The number of rotatable bonds is 4. The maximum atomic E-state index is 12.7. The van der Waals surface area contributed by atoms with Gasteiger partial charge in [0, 0.05) is 32.7 Å². The number of hydrogen-bond donors (Lipinski definition) is 1. The van der Waals surface area contributed by atoms with E-state index in [2.05, 4.69) is 5.32 Å². The van der Waals surface area contributed by atoms with Gasteiger partial charge < -0.3 is 5.32 Å². The summed E-state index contributed by atoms with van der Waals surface area (Å²) in [5.74, 6) is -0.151. The van der Waals surface area contributed by atoms with Crippen molar-refractivity contribution in [1.29, 1.82) is 0 Å². The Morgan fingerprint density at radius 1 is 1.23 bits per heavy atom. The van der Waals surface area contributed by atoms with Crippen LogP contribution in [-0.2, 0) is 14.8 Å². The van der Waals surface area contributed by atoms with Crippen LogP contribution in [0.15, 0.2) is 35.2 Å². The van der Waals surface area contributed by atoms with Crippen molar-refractivity contribution in [2.45, 2.75) is 30.8 Å². The van der Waals surface area contributed by atoms with Gasteiger partial charge in [-0.15, -0.1) is 0 Å². The number of nitrogens with one attached hydrogen (secondary N) is 1. The van der Waals surface area contributed by atoms with Gasteiger partial charge in [0.1, 0.15) is 6.04 Å². The van der Waals surface area contributed by atoms with E-state index >= 15 is 0 Å². The Balaban J connectivity index is 2.26. The molecule has 2 rings (SSSR count). The molecule has 122 valence electrons. The van der Waals surface area contributed by atoms with Crippen LogP contribution in [-0.4, -0.2) is 62.3 Å². The summed E-state index contributed by atoms with van der Waals surface area (Å²) in [7, 11) is -1.98. The Morgan fingerprint density at radius 3 is 2.41 bits per heavy atom. The largest absolute Gasteiger partial charge is 0.358 e. The van der Waals surface area contributed by atoms with Crippen LogP contribution >= 0.6 is 0 Å². The molecule has 1 aromatic carbocycles. The highest BCUT2D eigenvalue weighted by Gasteiger charge is 2.38. The van der Waals surface area contributed by atoms with Gasteiger partial charge in [0.05, 0.1) is 4.90 Å². The summed E-state index contributed by atoms with van der Waals surface area (Å²) in [5, 5.41) is 2.63. The zero-order chi connectivity index (χ0) is 16.3.